The summed E-state index contributed by atoms with van der Waals surface area (Å²) in [6.07, 6.45) is 3.86. The van der Waals surface area contributed by atoms with Crippen LogP contribution in [0.3, 0.4) is 0 Å². The smallest absolute Gasteiger partial charge is 0.267 e. The third-order valence-corrected chi connectivity index (χ3v) is 5.08. The Morgan fingerprint density at radius 3 is 2.65 bits per heavy atom. The van der Waals surface area contributed by atoms with Gasteiger partial charge in [0.2, 0.25) is 10.0 Å². The number of nitrogens with one attached hydrogen (secondary N) is 1. The van der Waals surface area contributed by atoms with Crippen LogP contribution in [0.5, 0.6) is 0 Å². The minimum absolute atomic E-state index is 0.0335. The van der Waals surface area contributed by atoms with Gasteiger partial charge in [-0.05, 0) is 28.1 Å². The Morgan fingerprint density at radius 2 is 2.00 bits per heavy atom. The molecule has 11 heteroatoms. The second-order valence-corrected chi connectivity index (χ2v) is 8.80. The van der Waals surface area contributed by atoms with E-state index in [0.717, 1.165) is 18.4 Å². The summed E-state index contributed by atoms with van der Waals surface area (Å²) in [6, 6.07) is 3.77. The summed E-state index contributed by atoms with van der Waals surface area (Å²) >= 11 is 15.5. The molecule has 0 atom stereocenters. The molecule has 0 fully saturated rings. The Bertz CT molecular complexity index is 1160. The maximum absolute atomic E-state index is 14.4. The number of carbonyl (C=O) groups is 1. The van der Waals surface area contributed by atoms with Gasteiger partial charge in [-0.2, -0.15) is 0 Å². The summed E-state index contributed by atoms with van der Waals surface area (Å²) in [4.78, 5) is 16.1. The summed E-state index contributed by atoms with van der Waals surface area (Å²) in [5.41, 5.74) is 0.206. The number of sulfonamides is 1. The first-order valence-electron chi connectivity index (χ1n) is 6.90. The Morgan fingerprint density at radius 1 is 1.31 bits per heavy atom. The molecule has 0 saturated heterocycles. The van der Waals surface area contributed by atoms with Gasteiger partial charge in [-0.15, -0.1) is 0 Å². The van der Waals surface area contributed by atoms with Gasteiger partial charge in [0.05, 0.1) is 27.6 Å². The Labute approximate surface area is 166 Å². The number of hydrogen-bond acceptors (Lipinski definition) is 4. The minimum Gasteiger partial charge on any atom is -0.299 e. The normalized spacial score (nSPS) is 11.7. The molecule has 3 aromatic rings. The maximum atomic E-state index is 14.4. The van der Waals surface area contributed by atoms with E-state index in [-0.39, 0.29) is 10.7 Å². The number of rotatable bonds is 3. The van der Waals surface area contributed by atoms with Gasteiger partial charge in [0.25, 0.3) is 5.91 Å². The molecule has 1 N–H and O–H groups in total. The zero-order valence-corrected chi connectivity index (χ0v) is 16.8. The van der Waals surface area contributed by atoms with E-state index < -0.39 is 27.3 Å². The summed E-state index contributed by atoms with van der Waals surface area (Å²) in [7, 11) is -3.84. The van der Waals surface area contributed by atoms with E-state index in [1.54, 1.807) is 17.0 Å². The van der Waals surface area contributed by atoms with Gasteiger partial charge in [-0.1, -0.05) is 23.2 Å². The largest absolute Gasteiger partial charge is 0.299 e. The molecule has 0 aliphatic carbocycles. The average Bonchev–Trinajstić information content (AvgIpc) is 2.84. The highest BCUT2D eigenvalue weighted by Crippen LogP contribution is 2.33. The maximum Gasteiger partial charge on any atom is 0.267 e. The van der Waals surface area contributed by atoms with E-state index in [1.807, 2.05) is 0 Å². The molecule has 26 heavy (non-hydrogen) atoms. The highest BCUT2D eigenvalue weighted by atomic mass is 79.9. The van der Waals surface area contributed by atoms with Crippen LogP contribution in [0.1, 0.15) is 10.4 Å². The summed E-state index contributed by atoms with van der Waals surface area (Å²) in [6.45, 7) is 0. The van der Waals surface area contributed by atoms with Crippen molar-refractivity contribution >= 4 is 66.1 Å². The quantitative estimate of drug-likeness (QED) is 0.615. The standard InChI is InChI=1S/C15H9BrCl2FN3O3S/c1-26(24,25)21-15(23)9-3-11(18)13(4-12(9)19)22-6-10(16)8-2-7(17)5-20-14(8)22/h2-6H,1H3,(H,21,23). The molecule has 2 heterocycles. The Hall–Kier alpha value is -1.68. The molecule has 2 aromatic heterocycles. The van der Waals surface area contributed by atoms with Crippen LogP contribution in [-0.4, -0.2) is 30.1 Å². The fraction of sp³-hybridized carbons (Fsp3) is 0.0667. The van der Waals surface area contributed by atoms with Gasteiger partial charge < -0.3 is 0 Å². The highest BCUT2D eigenvalue weighted by molar-refractivity contribution is 9.10. The van der Waals surface area contributed by atoms with Crippen molar-refractivity contribution in [2.45, 2.75) is 0 Å². The van der Waals surface area contributed by atoms with Crippen LogP contribution in [0.15, 0.2) is 35.1 Å². The summed E-state index contributed by atoms with van der Waals surface area (Å²) in [5.74, 6) is -2.04. The number of amides is 1. The van der Waals surface area contributed by atoms with Crippen molar-refractivity contribution in [2.75, 3.05) is 6.26 Å². The molecule has 0 aliphatic rings. The average molecular weight is 481 g/mol. The number of halogens is 4. The second-order valence-electron chi connectivity index (χ2n) is 5.36. The minimum atomic E-state index is -3.84. The molecule has 1 aromatic carbocycles. The summed E-state index contributed by atoms with van der Waals surface area (Å²) < 4.78 is 40.6. The first-order valence-corrected chi connectivity index (χ1v) is 10.3. The van der Waals surface area contributed by atoms with Crippen molar-refractivity contribution in [1.29, 1.82) is 0 Å². The lowest BCUT2D eigenvalue weighted by molar-refractivity contribution is 0.0978. The second kappa shape index (κ2) is 6.80. The van der Waals surface area contributed by atoms with Crippen molar-refractivity contribution in [3.8, 4) is 5.69 Å². The topological polar surface area (TPSA) is 81.1 Å². The molecular weight excluding hydrogens is 472 g/mol. The lowest BCUT2D eigenvalue weighted by Crippen LogP contribution is -2.30. The molecule has 0 spiro atoms. The number of nitrogens with zero attached hydrogens (tertiary/aromatic N) is 2. The number of carbonyl (C=O) groups excluding carboxylic acids is 1. The van der Waals surface area contributed by atoms with Gasteiger partial charge >= 0.3 is 0 Å². The number of pyridine rings is 1. The fourth-order valence-electron chi connectivity index (χ4n) is 2.35. The van der Waals surface area contributed by atoms with Crippen LogP contribution in [0.2, 0.25) is 10.0 Å². The van der Waals surface area contributed by atoms with Crippen molar-refractivity contribution in [3.05, 3.63) is 56.5 Å². The van der Waals surface area contributed by atoms with Crippen LogP contribution >= 0.6 is 39.1 Å². The zero-order valence-electron chi connectivity index (χ0n) is 12.9. The van der Waals surface area contributed by atoms with Gasteiger partial charge in [-0.3, -0.25) is 9.36 Å². The molecule has 3 rings (SSSR count). The lowest BCUT2D eigenvalue weighted by atomic mass is 10.2. The predicted molar refractivity (Wildman–Crippen MR) is 101 cm³/mol. The van der Waals surface area contributed by atoms with E-state index in [9.17, 15) is 17.6 Å². The molecule has 0 bridgehead atoms. The number of aromatic nitrogens is 2. The SMILES string of the molecule is CS(=O)(=O)NC(=O)c1cc(Cl)c(-n2cc(Br)c3cc(Cl)cnc32)cc1F. The fourth-order valence-corrected chi connectivity index (χ4v) is 3.70. The highest BCUT2D eigenvalue weighted by Gasteiger charge is 2.20. The van der Waals surface area contributed by atoms with Gasteiger partial charge in [0.1, 0.15) is 11.5 Å². The Balaban J connectivity index is 2.14. The van der Waals surface area contributed by atoms with Crippen LogP contribution in [0.4, 0.5) is 4.39 Å². The molecule has 6 nitrogen and oxygen atoms in total. The Kier molecular flexibility index (Phi) is 5.00. The van der Waals surface area contributed by atoms with Crippen molar-refractivity contribution < 1.29 is 17.6 Å². The number of hydrogen-bond donors (Lipinski definition) is 1. The van der Waals surface area contributed by atoms with Gasteiger partial charge in [0, 0.05) is 28.3 Å². The van der Waals surface area contributed by atoms with Crippen molar-refractivity contribution in [3.63, 3.8) is 0 Å². The van der Waals surface area contributed by atoms with Crippen molar-refractivity contribution in [2.24, 2.45) is 0 Å². The molecule has 0 aliphatic heterocycles. The van der Waals surface area contributed by atoms with Crippen LogP contribution in [0, 0.1) is 5.82 Å². The molecule has 0 radical (unpaired) electrons. The third-order valence-electron chi connectivity index (χ3n) is 3.38. The van der Waals surface area contributed by atoms with E-state index in [0.29, 0.717) is 20.5 Å². The van der Waals surface area contributed by atoms with Gasteiger partial charge in [0.15, 0.2) is 0 Å². The van der Waals surface area contributed by atoms with E-state index in [1.165, 1.54) is 10.8 Å². The molecule has 0 unspecified atom stereocenters. The van der Waals surface area contributed by atoms with E-state index in [4.69, 9.17) is 23.2 Å². The van der Waals surface area contributed by atoms with E-state index >= 15 is 0 Å². The number of fused-ring (bicyclic) bond motifs is 1. The molecular formula is C15H9BrCl2FN3O3S. The van der Waals surface area contributed by atoms with Crippen LogP contribution < -0.4 is 4.72 Å². The van der Waals surface area contributed by atoms with Crippen molar-refractivity contribution in [1.82, 2.24) is 14.3 Å². The first-order chi connectivity index (χ1) is 12.1. The third kappa shape index (κ3) is 3.71. The summed E-state index contributed by atoms with van der Waals surface area (Å²) in [5, 5.41) is 1.15. The monoisotopic (exact) mass is 479 g/mol. The number of benzene rings is 1. The van der Waals surface area contributed by atoms with Gasteiger partial charge in [-0.25, -0.2) is 22.5 Å². The lowest BCUT2D eigenvalue weighted by Gasteiger charge is -2.10. The molecule has 0 saturated carbocycles. The first kappa shape index (κ1) is 19.1. The predicted octanol–water partition coefficient (Wildman–Crippen LogP) is 3.92. The molecule has 1 amide bonds. The zero-order chi connectivity index (χ0) is 19.2. The van der Waals surface area contributed by atoms with Crippen LogP contribution in [0.25, 0.3) is 16.7 Å². The van der Waals surface area contributed by atoms with Crippen LogP contribution in [-0.2, 0) is 10.0 Å². The molecule has 136 valence electrons. The van der Waals surface area contributed by atoms with E-state index in [2.05, 4.69) is 20.9 Å².